The van der Waals surface area contributed by atoms with Crippen LogP contribution in [0.4, 0.5) is 16.2 Å². The first-order valence-corrected chi connectivity index (χ1v) is 16.1. The molecule has 232 valence electrons. The Morgan fingerprint density at radius 3 is 2.52 bits per heavy atom. The second-order valence-electron chi connectivity index (χ2n) is 13.4. The van der Waals surface area contributed by atoms with Crippen LogP contribution in [0.25, 0.3) is 22.4 Å². The molecule has 3 aromatic carbocycles. The van der Waals surface area contributed by atoms with Crippen LogP contribution in [-0.4, -0.2) is 78.2 Å². The van der Waals surface area contributed by atoms with Crippen molar-refractivity contribution in [3.63, 3.8) is 0 Å². The number of amides is 2. The van der Waals surface area contributed by atoms with E-state index in [1.807, 2.05) is 29.2 Å². The van der Waals surface area contributed by atoms with Crippen LogP contribution in [0.1, 0.15) is 46.1 Å². The fourth-order valence-corrected chi connectivity index (χ4v) is 6.26. The van der Waals surface area contributed by atoms with Crippen molar-refractivity contribution >= 4 is 28.4 Å². The molecule has 2 amide bonds. The van der Waals surface area contributed by atoms with Crippen LogP contribution in [0.3, 0.4) is 0 Å². The van der Waals surface area contributed by atoms with Crippen molar-refractivity contribution in [3.05, 3.63) is 72.3 Å². The van der Waals surface area contributed by atoms with Crippen molar-refractivity contribution in [1.82, 2.24) is 19.8 Å². The number of aromatic amines is 1. The summed E-state index contributed by atoms with van der Waals surface area (Å²) in [5.74, 6) is 2.30. The van der Waals surface area contributed by atoms with Crippen molar-refractivity contribution < 1.29 is 9.53 Å². The maximum absolute atomic E-state index is 12.6. The molecule has 6 rings (SSSR count). The van der Waals surface area contributed by atoms with Crippen LogP contribution in [0.2, 0.25) is 0 Å². The van der Waals surface area contributed by atoms with Crippen LogP contribution < -0.4 is 15.0 Å². The fraction of sp³-hybridized carbons (Fsp3) is 0.444. The number of anilines is 2. The molecular weight excluding hydrogens is 548 g/mol. The van der Waals surface area contributed by atoms with Crippen LogP contribution in [-0.2, 0) is 5.41 Å². The van der Waals surface area contributed by atoms with Gasteiger partial charge in [0.05, 0.1) is 11.2 Å². The van der Waals surface area contributed by atoms with E-state index in [4.69, 9.17) is 9.72 Å². The topological polar surface area (TPSA) is 76.7 Å². The summed E-state index contributed by atoms with van der Waals surface area (Å²) in [7, 11) is 0. The number of H-pyrrole nitrogens is 1. The molecule has 0 aliphatic carbocycles. The number of piperidine rings is 1. The lowest BCUT2D eigenvalue weighted by atomic mass is 9.86. The number of fused-ring (bicyclic) bond motifs is 1. The summed E-state index contributed by atoms with van der Waals surface area (Å²) in [4.78, 5) is 28.1. The molecule has 2 saturated heterocycles. The van der Waals surface area contributed by atoms with Crippen molar-refractivity contribution in [2.24, 2.45) is 5.92 Å². The molecule has 2 N–H and O–H groups in total. The minimum Gasteiger partial charge on any atom is -0.492 e. The smallest absolute Gasteiger partial charge is 0.321 e. The minimum atomic E-state index is -0.0146. The number of carbonyl (C=O) groups excluding carboxylic acids is 1. The van der Waals surface area contributed by atoms with E-state index < -0.39 is 0 Å². The predicted octanol–water partition coefficient (Wildman–Crippen LogP) is 6.99. The lowest BCUT2D eigenvalue weighted by Crippen LogP contribution is -2.47. The number of carbonyl (C=O) groups is 1. The number of hydrogen-bond donors (Lipinski definition) is 2. The van der Waals surface area contributed by atoms with E-state index in [0.29, 0.717) is 12.5 Å². The molecular formula is C36H46N6O2. The normalized spacial score (nSPS) is 18.0. The summed E-state index contributed by atoms with van der Waals surface area (Å²) in [5, 5.41) is 3.03. The molecule has 2 aliphatic rings. The number of aromatic nitrogens is 2. The van der Waals surface area contributed by atoms with Gasteiger partial charge in [0, 0.05) is 57.1 Å². The summed E-state index contributed by atoms with van der Waals surface area (Å²) < 4.78 is 6.05. The van der Waals surface area contributed by atoms with Gasteiger partial charge in [0.15, 0.2) is 0 Å². The first-order chi connectivity index (χ1) is 21.2. The Morgan fingerprint density at radius 1 is 1.00 bits per heavy atom. The largest absolute Gasteiger partial charge is 0.492 e. The Morgan fingerprint density at radius 2 is 1.77 bits per heavy atom. The molecule has 0 spiro atoms. The summed E-state index contributed by atoms with van der Waals surface area (Å²) in [6.07, 6.45) is 2.27. The molecule has 1 unspecified atom stereocenters. The third kappa shape index (κ3) is 7.02. The summed E-state index contributed by atoms with van der Waals surface area (Å²) in [6.45, 7) is 15.9. The number of ether oxygens (including phenoxy) is 1. The van der Waals surface area contributed by atoms with Gasteiger partial charge in [-0.15, -0.1) is 0 Å². The lowest BCUT2D eigenvalue weighted by Gasteiger charge is -2.36. The van der Waals surface area contributed by atoms with Gasteiger partial charge in [-0.1, -0.05) is 52.0 Å². The van der Waals surface area contributed by atoms with Gasteiger partial charge in [-0.3, -0.25) is 4.90 Å². The predicted molar refractivity (Wildman–Crippen MR) is 180 cm³/mol. The zero-order valence-electron chi connectivity index (χ0n) is 26.6. The summed E-state index contributed by atoms with van der Waals surface area (Å²) in [6, 6.07) is 22.8. The van der Waals surface area contributed by atoms with Gasteiger partial charge >= 0.3 is 6.03 Å². The van der Waals surface area contributed by atoms with Crippen molar-refractivity contribution in [1.29, 1.82) is 0 Å². The number of hydrogen-bond acceptors (Lipinski definition) is 5. The number of nitrogens with zero attached hydrogens (tertiary/aromatic N) is 4. The van der Waals surface area contributed by atoms with Gasteiger partial charge in [0.2, 0.25) is 0 Å². The van der Waals surface area contributed by atoms with Gasteiger partial charge in [0.25, 0.3) is 0 Å². The van der Waals surface area contributed by atoms with E-state index in [1.165, 1.54) is 17.7 Å². The molecule has 2 fully saturated rings. The van der Waals surface area contributed by atoms with Crippen molar-refractivity contribution in [2.45, 2.75) is 46.0 Å². The molecule has 1 atom stereocenters. The number of imidazole rings is 1. The van der Waals surface area contributed by atoms with Gasteiger partial charge in [-0.25, -0.2) is 9.78 Å². The third-order valence-corrected chi connectivity index (χ3v) is 8.93. The molecule has 0 radical (unpaired) electrons. The summed E-state index contributed by atoms with van der Waals surface area (Å²) >= 11 is 0. The highest BCUT2D eigenvalue weighted by Crippen LogP contribution is 2.31. The van der Waals surface area contributed by atoms with E-state index in [2.05, 4.69) is 90.3 Å². The van der Waals surface area contributed by atoms with E-state index >= 15 is 0 Å². The minimum absolute atomic E-state index is 0.0146. The van der Waals surface area contributed by atoms with E-state index in [0.717, 1.165) is 86.1 Å². The zero-order valence-corrected chi connectivity index (χ0v) is 26.6. The second-order valence-corrected chi connectivity index (χ2v) is 13.4. The van der Waals surface area contributed by atoms with E-state index in [-0.39, 0.29) is 11.4 Å². The summed E-state index contributed by atoms with van der Waals surface area (Å²) in [5.41, 5.74) is 6.61. The lowest BCUT2D eigenvalue weighted by molar-refractivity contribution is 0.182. The molecule has 0 bridgehead atoms. The number of rotatable bonds is 7. The Kier molecular flexibility index (Phi) is 8.80. The van der Waals surface area contributed by atoms with Crippen LogP contribution in [0.5, 0.6) is 5.75 Å². The van der Waals surface area contributed by atoms with Crippen LogP contribution in [0, 0.1) is 5.92 Å². The molecule has 1 aromatic heterocycles. The highest BCUT2D eigenvalue weighted by molar-refractivity contribution is 5.91. The molecule has 8 heteroatoms. The van der Waals surface area contributed by atoms with Crippen LogP contribution >= 0.6 is 0 Å². The van der Waals surface area contributed by atoms with E-state index in [9.17, 15) is 4.79 Å². The first-order valence-electron chi connectivity index (χ1n) is 16.1. The highest BCUT2D eigenvalue weighted by atomic mass is 16.5. The molecule has 44 heavy (non-hydrogen) atoms. The molecule has 0 saturated carbocycles. The van der Waals surface area contributed by atoms with Gasteiger partial charge in [0.1, 0.15) is 23.7 Å². The molecule has 8 nitrogen and oxygen atoms in total. The number of nitrogens with one attached hydrogen (secondary N) is 2. The maximum Gasteiger partial charge on any atom is 0.321 e. The van der Waals surface area contributed by atoms with Crippen molar-refractivity contribution in [2.75, 3.05) is 62.6 Å². The Balaban J connectivity index is 0.993. The number of piperazine rings is 1. The van der Waals surface area contributed by atoms with Gasteiger partial charge in [-0.2, -0.15) is 0 Å². The highest BCUT2D eigenvalue weighted by Gasteiger charge is 2.22. The first kappa shape index (κ1) is 30.0. The van der Waals surface area contributed by atoms with Crippen LogP contribution in [0.15, 0.2) is 66.7 Å². The number of benzene rings is 3. The fourth-order valence-electron chi connectivity index (χ4n) is 6.26. The number of para-hydroxylation sites is 1. The number of urea groups is 1. The molecule has 4 aromatic rings. The standard InChI is InChI=1S/C36H46N6O2/c1-26-8-7-17-42(25-26)35(43)37-29-13-15-30(16-14-29)44-23-22-40-18-20-41(21-19-40)32-12-6-11-31-33(32)39-34(38-31)27-9-5-10-28(24-27)36(2,3)4/h5-6,9-16,24,26H,7-8,17-23,25H2,1-4H3,(H,37,43)(H,38,39). The monoisotopic (exact) mass is 594 g/mol. The Hall–Kier alpha value is -4.04. The quantitative estimate of drug-likeness (QED) is 0.241. The third-order valence-electron chi connectivity index (χ3n) is 8.93. The average molecular weight is 595 g/mol. The second kappa shape index (κ2) is 12.9. The van der Waals surface area contributed by atoms with Gasteiger partial charge < -0.3 is 24.8 Å². The number of likely N-dealkylation sites (tertiary alicyclic amines) is 1. The Bertz CT molecular complexity index is 1570. The Labute approximate surface area is 261 Å². The molecule has 2 aliphatic heterocycles. The van der Waals surface area contributed by atoms with E-state index in [1.54, 1.807) is 0 Å². The molecule has 3 heterocycles. The SMILES string of the molecule is CC1CCCN(C(=O)Nc2ccc(OCCN3CCN(c4cccc5[nH]c(-c6cccc(C(C)(C)C)c6)nc45)CC3)cc2)C1. The average Bonchev–Trinajstić information content (AvgIpc) is 3.47. The van der Waals surface area contributed by atoms with Gasteiger partial charge in [-0.05, 0) is 72.2 Å². The maximum atomic E-state index is 12.6. The van der Waals surface area contributed by atoms with Crippen molar-refractivity contribution in [3.8, 4) is 17.1 Å². The zero-order chi connectivity index (χ0) is 30.7.